The number of aromatic nitrogens is 4. The summed E-state index contributed by atoms with van der Waals surface area (Å²) in [6.45, 7) is 4.06. The fraction of sp³-hybridized carbons (Fsp3) is 0.632. The molecule has 142 valence electrons. The molecule has 0 amide bonds. The molecular formula is C19H31N7. The maximum Gasteiger partial charge on any atom is 0.227 e. The number of rotatable bonds is 7. The zero-order valence-corrected chi connectivity index (χ0v) is 16.5. The summed E-state index contributed by atoms with van der Waals surface area (Å²) >= 11 is 0. The Balaban J connectivity index is 1.69. The fourth-order valence-corrected chi connectivity index (χ4v) is 3.54. The molecule has 3 heterocycles. The molecule has 0 radical (unpaired) electrons. The molecule has 26 heavy (non-hydrogen) atoms. The van der Waals surface area contributed by atoms with Crippen LogP contribution in [0.2, 0.25) is 0 Å². The van der Waals surface area contributed by atoms with Gasteiger partial charge in [-0.25, -0.2) is 9.97 Å². The fourth-order valence-electron chi connectivity index (χ4n) is 3.54. The summed E-state index contributed by atoms with van der Waals surface area (Å²) in [5.74, 6) is 3.41. The van der Waals surface area contributed by atoms with E-state index in [0.717, 1.165) is 50.8 Å². The molecule has 3 rings (SSSR count). The molecule has 1 fully saturated rings. The second-order valence-electron chi connectivity index (χ2n) is 7.53. The minimum Gasteiger partial charge on any atom is -0.363 e. The number of aryl methyl sites for hydroxylation is 1. The number of anilines is 2. The van der Waals surface area contributed by atoms with Gasteiger partial charge in [0, 0.05) is 58.2 Å². The van der Waals surface area contributed by atoms with Crippen LogP contribution >= 0.6 is 0 Å². The normalized spacial score (nSPS) is 17.7. The highest BCUT2D eigenvalue weighted by molar-refractivity contribution is 5.43. The molecule has 0 saturated carbocycles. The van der Waals surface area contributed by atoms with Crippen molar-refractivity contribution in [2.45, 2.75) is 31.7 Å². The SMILES string of the molecule is CN(C)CCCn1ccnc1[C@H]1CCCN(c2nccc(N(C)C)n2)C1. The van der Waals surface area contributed by atoms with Crippen LogP contribution in [0.5, 0.6) is 0 Å². The molecule has 0 bridgehead atoms. The monoisotopic (exact) mass is 357 g/mol. The lowest BCUT2D eigenvalue weighted by Gasteiger charge is -2.33. The molecule has 7 heteroatoms. The third-order valence-corrected chi connectivity index (χ3v) is 4.91. The lowest BCUT2D eigenvalue weighted by atomic mass is 9.97. The Labute approximate surface area is 156 Å². The summed E-state index contributed by atoms with van der Waals surface area (Å²) < 4.78 is 2.33. The van der Waals surface area contributed by atoms with E-state index in [1.165, 1.54) is 12.2 Å². The average Bonchev–Trinajstić information content (AvgIpc) is 3.10. The van der Waals surface area contributed by atoms with Gasteiger partial charge in [-0.1, -0.05) is 0 Å². The topological polar surface area (TPSA) is 53.3 Å². The van der Waals surface area contributed by atoms with Crippen molar-refractivity contribution in [1.29, 1.82) is 0 Å². The van der Waals surface area contributed by atoms with E-state index < -0.39 is 0 Å². The van der Waals surface area contributed by atoms with Gasteiger partial charge in [-0.3, -0.25) is 0 Å². The molecular weight excluding hydrogens is 326 g/mol. The second kappa shape index (κ2) is 8.49. The lowest BCUT2D eigenvalue weighted by Crippen LogP contribution is -2.36. The number of hydrogen-bond acceptors (Lipinski definition) is 6. The van der Waals surface area contributed by atoms with Crippen LogP contribution in [0, 0.1) is 0 Å². The van der Waals surface area contributed by atoms with Gasteiger partial charge in [0.1, 0.15) is 11.6 Å². The van der Waals surface area contributed by atoms with Gasteiger partial charge in [0.15, 0.2) is 0 Å². The Morgan fingerprint density at radius 1 is 1.15 bits per heavy atom. The summed E-state index contributed by atoms with van der Waals surface area (Å²) in [4.78, 5) is 20.5. The van der Waals surface area contributed by atoms with Crippen molar-refractivity contribution in [2.75, 3.05) is 57.6 Å². The van der Waals surface area contributed by atoms with Crippen LogP contribution in [-0.4, -0.2) is 72.2 Å². The molecule has 0 aliphatic carbocycles. The highest BCUT2D eigenvalue weighted by Crippen LogP contribution is 2.28. The zero-order chi connectivity index (χ0) is 18.5. The molecule has 1 aliphatic heterocycles. The molecule has 0 aromatic carbocycles. The van der Waals surface area contributed by atoms with Crippen molar-refractivity contribution in [3.8, 4) is 0 Å². The maximum atomic E-state index is 4.71. The largest absolute Gasteiger partial charge is 0.363 e. The predicted molar refractivity (Wildman–Crippen MR) is 106 cm³/mol. The maximum absolute atomic E-state index is 4.71. The number of piperidine rings is 1. The minimum atomic E-state index is 0.435. The van der Waals surface area contributed by atoms with E-state index in [-0.39, 0.29) is 0 Å². The Morgan fingerprint density at radius 2 is 2.00 bits per heavy atom. The first kappa shape index (κ1) is 18.6. The van der Waals surface area contributed by atoms with Gasteiger partial charge < -0.3 is 19.3 Å². The van der Waals surface area contributed by atoms with Crippen LogP contribution in [-0.2, 0) is 6.54 Å². The summed E-state index contributed by atoms with van der Waals surface area (Å²) in [6, 6.07) is 1.95. The van der Waals surface area contributed by atoms with Crippen molar-refractivity contribution in [3.05, 3.63) is 30.5 Å². The first-order chi connectivity index (χ1) is 12.5. The molecule has 1 saturated heterocycles. The van der Waals surface area contributed by atoms with Crippen LogP contribution < -0.4 is 9.80 Å². The van der Waals surface area contributed by atoms with Gasteiger partial charge in [-0.15, -0.1) is 0 Å². The van der Waals surface area contributed by atoms with Crippen LogP contribution in [0.1, 0.15) is 31.0 Å². The third-order valence-electron chi connectivity index (χ3n) is 4.91. The molecule has 0 unspecified atom stereocenters. The first-order valence-electron chi connectivity index (χ1n) is 9.45. The van der Waals surface area contributed by atoms with Crippen molar-refractivity contribution in [3.63, 3.8) is 0 Å². The number of imidazole rings is 1. The van der Waals surface area contributed by atoms with Crippen molar-refractivity contribution in [1.82, 2.24) is 24.4 Å². The Morgan fingerprint density at radius 3 is 2.77 bits per heavy atom. The molecule has 2 aromatic heterocycles. The molecule has 1 aliphatic rings. The molecule has 0 N–H and O–H groups in total. The van der Waals surface area contributed by atoms with Crippen LogP contribution in [0.15, 0.2) is 24.7 Å². The van der Waals surface area contributed by atoms with E-state index >= 15 is 0 Å². The Kier molecular flexibility index (Phi) is 6.08. The number of nitrogens with zero attached hydrogens (tertiary/aromatic N) is 7. The highest BCUT2D eigenvalue weighted by atomic mass is 15.3. The van der Waals surface area contributed by atoms with E-state index in [9.17, 15) is 0 Å². The first-order valence-corrected chi connectivity index (χ1v) is 9.45. The second-order valence-corrected chi connectivity index (χ2v) is 7.53. The van der Waals surface area contributed by atoms with Gasteiger partial charge in [-0.05, 0) is 46.0 Å². The third kappa shape index (κ3) is 4.52. The molecule has 2 aromatic rings. The number of hydrogen-bond donors (Lipinski definition) is 0. The van der Waals surface area contributed by atoms with Crippen molar-refractivity contribution in [2.24, 2.45) is 0 Å². The van der Waals surface area contributed by atoms with Crippen LogP contribution in [0.4, 0.5) is 11.8 Å². The summed E-state index contributed by atoms with van der Waals surface area (Å²) in [7, 11) is 8.26. The molecule has 1 atom stereocenters. The summed E-state index contributed by atoms with van der Waals surface area (Å²) in [5, 5.41) is 0. The van der Waals surface area contributed by atoms with Crippen LogP contribution in [0.25, 0.3) is 0 Å². The minimum absolute atomic E-state index is 0.435. The lowest BCUT2D eigenvalue weighted by molar-refractivity contribution is 0.380. The van der Waals surface area contributed by atoms with Gasteiger partial charge in [0.2, 0.25) is 5.95 Å². The van der Waals surface area contributed by atoms with E-state index in [1.54, 1.807) is 0 Å². The van der Waals surface area contributed by atoms with Gasteiger partial charge in [-0.2, -0.15) is 4.98 Å². The molecule has 7 nitrogen and oxygen atoms in total. The van der Waals surface area contributed by atoms with E-state index in [2.05, 4.69) is 44.6 Å². The Bertz CT molecular complexity index is 695. The predicted octanol–water partition coefficient (Wildman–Crippen LogP) is 2.07. The molecule has 0 spiro atoms. The van der Waals surface area contributed by atoms with Gasteiger partial charge in [0.25, 0.3) is 0 Å². The van der Waals surface area contributed by atoms with E-state index in [0.29, 0.717) is 5.92 Å². The van der Waals surface area contributed by atoms with E-state index in [4.69, 9.17) is 4.98 Å². The highest BCUT2D eigenvalue weighted by Gasteiger charge is 2.26. The van der Waals surface area contributed by atoms with E-state index in [1.807, 2.05) is 37.5 Å². The zero-order valence-electron chi connectivity index (χ0n) is 16.5. The van der Waals surface area contributed by atoms with Crippen molar-refractivity contribution < 1.29 is 0 Å². The smallest absolute Gasteiger partial charge is 0.227 e. The summed E-state index contributed by atoms with van der Waals surface area (Å²) in [6.07, 6.45) is 9.36. The quantitative estimate of drug-likeness (QED) is 0.756. The van der Waals surface area contributed by atoms with Crippen LogP contribution in [0.3, 0.4) is 0 Å². The average molecular weight is 358 g/mol. The van der Waals surface area contributed by atoms with Crippen molar-refractivity contribution >= 4 is 11.8 Å². The Hall–Kier alpha value is -2.15. The van der Waals surface area contributed by atoms with Gasteiger partial charge >= 0.3 is 0 Å². The van der Waals surface area contributed by atoms with Gasteiger partial charge in [0.05, 0.1) is 0 Å². The standard InChI is InChI=1S/C19H31N7/c1-23(2)11-6-13-25-14-10-20-18(25)16-7-5-12-26(15-16)19-21-9-8-17(22-19)24(3)4/h8-10,14,16H,5-7,11-13,15H2,1-4H3/t16-/m0/s1. The summed E-state index contributed by atoms with van der Waals surface area (Å²) in [5.41, 5.74) is 0.